The van der Waals surface area contributed by atoms with E-state index in [0.717, 1.165) is 17.1 Å². The van der Waals surface area contributed by atoms with Crippen molar-refractivity contribution in [1.82, 2.24) is 4.98 Å². The van der Waals surface area contributed by atoms with Crippen LogP contribution in [0.25, 0.3) is 0 Å². The van der Waals surface area contributed by atoms with Gasteiger partial charge in [-0.15, -0.1) is 11.3 Å². The van der Waals surface area contributed by atoms with Gasteiger partial charge in [0, 0.05) is 0 Å². The number of hydrogen-bond acceptors (Lipinski definition) is 3. The zero-order chi connectivity index (χ0) is 11.1. The number of thiazole rings is 1. The Morgan fingerprint density at radius 2 is 2.53 bits per heavy atom. The highest BCUT2D eigenvalue weighted by Crippen LogP contribution is 2.49. The average Bonchev–Trinajstić information content (AvgIpc) is 2.65. The molecule has 1 amide bonds. The number of amides is 1. The van der Waals surface area contributed by atoms with Crippen molar-refractivity contribution in [2.75, 3.05) is 5.32 Å². The number of anilines is 1. The second-order valence-corrected chi connectivity index (χ2v) is 4.88. The molecular formula is C10H13FN2OS. The fraction of sp³-hybridized carbons (Fsp3) is 0.600. The number of alkyl halides is 1. The summed E-state index contributed by atoms with van der Waals surface area (Å²) >= 11 is 1.38. The van der Waals surface area contributed by atoms with E-state index in [-0.39, 0.29) is 5.91 Å². The van der Waals surface area contributed by atoms with Crippen molar-refractivity contribution in [1.29, 1.82) is 0 Å². The number of halogens is 1. The van der Waals surface area contributed by atoms with Gasteiger partial charge in [-0.2, -0.15) is 0 Å². The second-order valence-electron chi connectivity index (χ2n) is 4.02. The molecule has 2 atom stereocenters. The topological polar surface area (TPSA) is 42.0 Å². The third kappa shape index (κ3) is 1.76. The molecule has 1 N–H and O–H groups in total. The maximum absolute atomic E-state index is 12.9. The summed E-state index contributed by atoms with van der Waals surface area (Å²) in [5.41, 5.74) is 1.75. The van der Waals surface area contributed by atoms with Crippen LogP contribution in [0.4, 0.5) is 9.39 Å². The first-order valence-corrected chi connectivity index (χ1v) is 5.83. The van der Waals surface area contributed by atoms with Gasteiger partial charge in [0.15, 0.2) is 0 Å². The average molecular weight is 228 g/mol. The maximum atomic E-state index is 12.9. The molecule has 0 saturated heterocycles. The monoisotopic (exact) mass is 228 g/mol. The lowest BCUT2D eigenvalue weighted by Gasteiger charge is -2.08. The van der Waals surface area contributed by atoms with E-state index in [0.29, 0.717) is 6.42 Å². The Morgan fingerprint density at radius 3 is 3.07 bits per heavy atom. The summed E-state index contributed by atoms with van der Waals surface area (Å²) in [6.45, 7) is 3.63. The molecule has 1 aliphatic rings. The van der Waals surface area contributed by atoms with Crippen LogP contribution in [-0.2, 0) is 11.2 Å². The lowest BCUT2D eigenvalue weighted by molar-refractivity contribution is -0.121. The molecule has 5 heteroatoms. The van der Waals surface area contributed by atoms with Crippen LogP contribution in [0.3, 0.4) is 0 Å². The minimum absolute atomic E-state index is 0.228. The summed E-state index contributed by atoms with van der Waals surface area (Å²) in [5.74, 6) is -0.228. The third-order valence-corrected chi connectivity index (χ3v) is 3.64. The first-order chi connectivity index (χ1) is 7.08. The zero-order valence-corrected chi connectivity index (χ0v) is 9.53. The van der Waals surface area contributed by atoms with Crippen LogP contribution in [0.2, 0.25) is 0 Å². The normalized spacial score (nSPS) is 28.9. The molecule has 0 spiro atoms. The summed E-state index contributed by atoms with van der Waals surface area (Å²) < 4.78 is 12.9. The first-order valence-electron chi connectivity index (χ1n) is 4.96. The molecule has 1 aromatic heterocycles. The van der Waals surface area contributed by atoms with Gasteiger partial charge in [0.1, 0.15) is 11.2 Å². The zero-order valence-electron chi connectivity index (χ0n) is 8.71. The molecule has 1 saturated carbocycles. The number of nitrogens with one attached hydrogen (secondary N) is 1. The van der Waals surface area contributed by atoms with Crippen molar-refractivity contribution in [3.05, 3.63) is 11.2 Å². The molecule has 1 aliphatic carbocycles. The van der Waals surface area contributed by atoms with E-state index < -0.39 is 11.6 Å². The van der Waals surface area contributed by atoms with Crippen LogP contribution in [0.1, 0.15) is 26.0 Å². The Labute approximate surface area is 91.7 Å². The highest BCUT2D eigenvalue weighted by atomic mass is 32.1. The minimum Gasteiger partial charge on any atom is -0.316 e. The van der Waals surface area contributed by atoms with Gasteiger partial charge in [-0.25, -0.2) is 9.37 Å². The molecule has 1 fully saturated rings. The van der Waals surface area contributed by atoms with Gasteiger partial charge in [0.2, 0.25) is 5.91 Å². The number of hydrogen-bond donors (Lipinski definition) is 1. The molecule has 0 radical (unpaired) electrons. The summed E-state index contributed by atoms with van der Waals surface area (Å²) in [4.78, 5) is 15.8. The first kappa shape index (κ1) is 10.5. The number of carbonyl (C=O) groups is 1. The van der Waals surface area contributed by atoms with Gasteiger partial charge in [-0.05, 0) is 19.8 Å². The van der Waals surface area contributed by atoms with Gasteiger partial charge in [-0.3, -0.25) is 4.79 Å². The predicted molar refractivity (Wildman–Crippen MR) is 57.7 cm³/mol. The van der Waals surface area contributed by atoms with E-state index in [9.17, 15) is 9.18 Å². The summed E-state index contributed by atoms with van der Waals surface area (Å²) in [7, 11) is 0. The quantitative estimate of drug-likeness (QED) is 0.863. The minimum atomic E-state index is -0.990. The third-order valence-electron chi connectivity index (χ3n) is 2.86. The standard InChI is InChI=1S/C10H13FN2OS/c1-3-6-8(15-5-12-6)13-9(14)10(2)4-7(10)11/h5,7H,3-4H2,1-2H3,(H,13,14)/t7-,10+/m0/s1. The Hall–Kier alpha value is -0.970. The van der Waals surface area contributed by atoms with Crippen LogP contribution < -0.4 is 5.32 Å². The summed E-state index contributed by atoms with van der Waals surface area (Å²) in [6.07, 6.45) is 0.115. The van der Waals surface area contributed by atoms with Gasteiger partial charge < -0.3 is 5.32 Å². The smallest absolute Gasteiger partial charge is 0.234 e. The van der Waals surface area contributed by atoms with Crippen molar-refractivity contribution in [2.45, 2.75) is 32.9 Å². The highest BCUT2D eigenvalue weighted by Gasteiger charge is 2.57. The second kappa shape index (κ2) is 3.56. The van der Waals surface area contributed by atoms with E-state index >= 15 is 0 Å². The largest absolute Gasteiger partial charge is 0.316 e. The number of nitrogens with zero attached hydrogens (tertiary/aromatic N) is 1. The maximum Gasteiger partial charge on any atom is 0.234 e. The molecule has 82 valence electrons. The van der Waals surface area contributed by atoms with Gasteiger partial charge >= 0.3 is 0 Å². The Morgan fingerprint density at radius 1 is 1.87 bits per heavy atom. The lowest BCUT2D eigenvalue weighted by Crippen LogP contribution is -2.23. The van der Waals surface area contributed by atoms with Crippen molar-refractivity contribution in [2.24, 2.45) is 5.41 Å². The highest BCUT2D eigenvalue weighted by molar-refractivity contribution is 7.14. The van der Waals surface area contributed by atoms with E-state index in [1.807, 2.05) is 6.92 Å². The molecule has 3 nitrogen and oxygen atoms in total. The predicted octanol–water partition coefficient (Wildman–Crippen LogP) is 2.39. The van der Waals surface area contributed by atoms with Crippen LogP contribution in [-0.4, -0.2) is 17.1 Å². The van der Waals surface area contributed by atoms with Crippen LogP contribution in [0.15, 0.2) is 5.51 Å². The fourth-order valence-electron chi connectivity index (χ4n) is 1.42. The molecule has 0 bridgehead atoms. The number of carbonyl (C=O) groups excluding carboxylic acids is 1. The lowest BCUT2D eigenvalue weighted by atomic mass is 10.1. The number of aromatic nitrogens is 1. The van der Waals surface area contributed by atoms with Crippen molar-refractivity contribution >= 4 is 22.2 Å². The van der Waals surface area contributed by atoms with E-state index in [4.69, 9.17) is 0 Å². The molecule has 1 aromatic rings. The fourth-order valence-corrected chi connectivity index (χ4v) is 2.19. The SMILES string of the molecule is CCc1ncsc1NC(=O)[C@]1(C)C[C@@H]1F. The molecule has 0 aromatic carbocycles. The Bertz CT molecular complexity index is 393. The molecule has 15 heavy (non-hydrogen) atoms. The summed E-state index contributed by atoms with van der Waals surface area (Å²) in [5, 5.41) is 3.50. The summed E-state index contributed by atoms with van der Waals surface area (Å²) in [6, 6.07) is 0. The molecule has 2 rings (SSSR count). The number of rotatable bonds is 3. The van der Waals surface area contributed by atoms with Gasteiger partial charge in [0.05, 0.1) is 16.6 Å². The van der Waals surface area contributed by atoms with E-state index in [1.54, 1.807) is 12.4 Å². The molecule has 0 unspecified atom stereocenters. The van der Waals surface area contributed by atoms with Crippen molar-refractivity contribution in [3.63, 3.8) is 0 Å². The Kier molecular flexibility index (Phi) is 2.50. The van der Waals surface area contributed by atoms with Crippen LogP contribution >= 0.6 is 11.3 Å². The van der Waals surface area contributed by atoms with Crippen molar-refractivity contribution < 1.29 is 9.18 Å². The van der Waals surface area contributed by atoms with Gasteiger partial charge in [0.25, 0.3) is 0 Å². The van der Waals surface area contributed by atoms with Crippen LogP contribution in [0.5, 0.6) is 0 Å². The molecule has 0 aliphatic heterocycles. The van der Waals surface area contributed by atoms with E-state index in [2.05, 4.69) is 10.3 Å². The van der Waals surface area contributed by atoms with Gasteiger partial charge in [-0.1, -0.05) is 6.92 Å². The van der Waals surface area contributed by atoms with Crippen LogP contribution in [0, 0.1) is 5.41 Å². The molecule has 1 heterocycles. The Balaban J connectivity index is 2.07. The van der Waals surface area contributed by atoms with E-state index in [1.165, 1.54) is 11.3 Å². The molecular weight excluding hydrogens is 215 g/mol. The van der Waals surface area contributed by atoms with Crippen molar-refractivity contribution in [3.8, 4) is 0 Å². The number of aryl methyl sites for hydroxylation is 1.